The van der Waals surface area contributed by atoms with Gasteiger partial charge in [-0.2, -0.15) is 0 Å². The van der Waals surface area contributed by atoms with Gasteiger partial charge in [-0.05, 0) is 65.4 Å². The number of amides is 3. The Labute approximate surface area is 205 Å². The Morgan fingerprint density at radius 2 is 1.46 bits per heavy atom. The number of hydrogen-bond acceptors (Lipinski definition) is 4. The summed E-state index contributed by atoms with van der Waals surface area (Å²) < 4.78 is 0. The van der Waals surface area contributed by atoms with Gasteiger partial charge in [0.2, 0.25) is 5.91 Å². The molecule has 0 bridgehead atoms. The highest BCUT2D eigenvalue weighted by Gasteiger charge is 2.40. The largest absolute Gasteiger partial charge is 0.350 e. The maximum atomic E-state index is 13.6. The predicted octanol–water partition coefficient (Wildman–Crippen LogP) is 5.65. The highest BCUT2D eigenvalue weighted by atomic mass is 16.2. The molecule has 6 heteroatoms. The zero-order chi connectivity index (χ0) is 25.3. The Morgan fingerprint density at radius 3 is 2.03 bits per heavy atom. The predicted molar refractivity (Wildman–Crippen MR) is 140 cm³/mol. The lowest BCUT2D eigenvalue weighted by atomic mass is 9.87. The van der Waals surface area contributed by atoms with Gasteiger partial charge in [0, 0.05) is 18.3 Å². The molecule has 0 saturated heterocycles. The maximum Gasteiger partial charge on any atom is 0.282 e. The number of anilines is 3. The molecule has 3 aromatic rings. The summed E-state index contributed by atoms with van der Waals surface area (Å²) in [5.74, 6) is -1.00. The van der Waals surface area contributed by atoms with Crippen molar-refractivity contribution in [1.29, 1.82) is 0 Å². The van der Waals surface area contributed by atoms with Crippen LogP contribution in [0, 0.1) is 6.92 Å². The molecule has 0 aromatic heterocycles. The Kier molecular flexibility index (Phi) is 6.31. The lowest BCUT2D eigenvalue weighted by Crippen LogP contribution is -2.32. The first-order chi connectivity index (χ1) is 16.5. The van der Waals surface area contributed by atoms with Crippen molar-refractivity contribution in [2.24, 2.45) is 0 Å². The number of nitrogens with one attached hydrogen (secondary N) is 2. The van der Waals surface area contributed by atoms with Gasteiger partial charge in [0.15, 0.2) is 0 Å². The van der Waals surface area contributed by atoms with Gasteiger partial charge in [-0.25, -0.2) is 4.90 Å². The third kappa shape index (κ3) is 5.01. The first-order valence-electron chi connectivity index (χ1n) is 11.5. The Balaban J connectivity index is 1.76. The zero-order valence-corrected chi connectivity index (χ0v) is 20.6. The molecule has 1 aliphatic heterocycles. The van der Waals surface area contributed by atoms with Gasteiger partial charge >= 0.3 is 0 Å². The first-order valence-corrected chi connectivity index (χ1v) is 11.5. The van der Waals surface area contributed by atoms with Gasteiger partial charge in [-0.15, -0.1) is 0 Å². The van der Waals surface area contributed by atoms with Crippen molar-refractivity contribution in [3.05, 3.63) is 95.2 Å². The van der Waals surface area contributed by atoms with Gasteiger partial charge in [0.25, 0.3) is 11.8 Å². The maximum absolute atomic E-state index is 13.6. The molecule has 4 rings (SSSR count). The number of nitrogens with zero attached hydrogens (tertiary/aromatic N) is 1. The summed E-state index contributed by atoms with van der Waals surface area (Å²) in [4.78, 5) is 39.8. The highest BCUT2D eigenvalue weighted by Crippen LogP contribution is 2.35. The fourth-order valence-corrected chi connectivity index (χ4v) is 4.04. The van der Waals surface area contributed by atoms with E-state index in [-0.39, 0.29) is 22.6 Å². The summed E-state index contributed by atoms with van der Waals surface area (Å²) in [6.07, 6.45) is 0. The van der Waals surface area contributed by atoms with E-state index in [1.807, 2.05) is 49.4 Å². The number of hydrogen-bond donors (Lipinski definition) is 2. The molecule has 3 amide bonds. The third-order valence-corrected chi connectivity index (χ3v) is 5.86. The average molecular weight is 468 g/mol. The molecular weight excluding hydrogens is 438 g/mol. The fourth-order valence-electron chi connectivity index (χ4n) is 4.04. The van der Waals surface area contributed by atoms with Gasteiger partial charge < -0.3 is 10.6 Å². The number of carbonyl (C=O) groups excluding carboxylic acids is 3. The Morgan fingerprint density at radius 1 is 0.829 bits per heavy atom. The molecule has 0 unspecified atom stereocenters. The smallest absolute Gasteiger partial charge is 0.282 e. The van der Waals surface area contributed by atoms with Crippen LogP contribution in [0.3, 0.4) is 0 Å². The number of carbonyl (C=O) groups is 3. The van der Waals surface area contributed by atoms with Gasteiger partial charge in [-0.3, -0.25) is 14.4 Å². The lowest BCUT2D eigenvalue weighted by molar-refractivity contribution is -0.120. The minimum Gasteiger partial charge on any atom is -0.350 e. The molecule has 3 aromatic carbocycles. The minimum atomic E-state index is -0.415. The molecule has 0 saturated carbocycles. The molecule has 6 nitrogen and oxygen atoms in total. The molecule has 0 radical (unpaired) electrons. The Hall–Kier alpha value is -4.19. The van der Waals surface area contributed by atoms with E-state index in [0.717, 1.165) is 5.56 Å². The molecule has 0 atom stereocenters. The molecular formula is C29H29N3O3. The standard InChI is InChI=1S/C29H29N3O3/c1-18-7-6-8-24(17-18)32-27(34)25(20-9-13-22(14-10-20)30-19(2)33)26(28(32)35)31-23-15-11-21(12-16-23)29(3,4)5/h6-17,31H,1-5H3,(H,30,33). The van der Waals surface area contributed by atoms with E-state index in [0.29, 0.717) is 22.6 Å². The van der Waals surface area contributed by atoms with Crippen molar-refractivity contribution >= 4 is 40.4 Å². The van der Waals surface area contributed by atoms with E-state index < -0.39 is 11.8 Å². The topological polar surface area (TPSA) is 78.5 Å². The van der Waals surface area contributed by atoms with Crippen molar-refractivity contribution in [1.82, 2.24) is 0 Å². The summed E-state index contributed by atoms with van der Waals surface area (Å²) >= 11 is 0. The summed E-state index contributed by atoms with van der Waals surface area (Å²) in [5.41, 5.74) is 5.05. The summed E-state index contributed by atoms with van der Waals surface area (Å²) in [6.45, 7) is 9.76. The van der Waals surface area contributed by atoms with Crippen molar-refractivity contribution in [2.45, 2.75) is 40.0 Å². The number of aryl methyl sites for hydroxylation is 1. The second kappa shape index (κ2) is 9.22. The molecule has 35 heavy (non-hydrogen) atoms. The normalized spacial score (nSPS) is 13.9. The monoisotopic (exact) mass is 467 g/mol. The van der Waals surface area contributed by atoms with Gasteiger partial charge in [0.1, 0.15) is 5.70 Å². The van der Waals surface area contributed by atoms with Crippen LogP contribution < -0.4 is 15.5 Å². The molecule has 0 spiro atoms. The first kappa shape index (κ1) is 24.0. The lowest BCUT2D eigenvalue weighted by Gasteiger charge is -2.19. The zero-order valence-electron chi connectivity index (χ0n) is 20.6. The van der Waals surface area contributed by atoms with Crippen LogP contribution in [-0.2, 0) is 19.8 Å². The number of imide groups is 1. The summed E-state index contributed by atoms with van der Waals surface area (Å²) in [7, 11) is 0. The van der Waals surface area contributed by atoms with Crippen LogP contribution in [0.5, 0.6) is 0 Å². The SMILES string of the molecule is CC(=O)Nc1ccc(C2=C(Nc3ccc(C(C)(C)C)cc3)C(=O)N(c3cccc(C)c3)C2=O)cc1. The van der Waals surface area contributed by atoms with Crippen LogP contribution in [0.15, 0.2) is 78.5 Å². The third-order valence-electron chi connectivity index (χ3n) is 5.86. The molecule has 178 valence electrons. The number of rotatable bonds is 5. The molecule has 1 heterocycles. The van der Waals surface area contributed by atoms with Gasteiger partial charge in [0.05, 0.1) is 11.3 Å². The number of benzene rings is 3. The summed E-state index contributed by atoms with van der Waals surface area (Å²) in [6, 6.07) is 22.1. The molecule has 0 fully saturated rings. The second-order valence-corrected chi connectivity index (χ2v) is 9.75. The van der Waals surface area contributed by atoms with E-state index in [9.17, 15) is 14.4 Å². The molecule has 1 aliphatic rings. The van der Waals surface area contributed by atoms with Crippen LogP contribution in [0.4, 0.5) is 17.1 Å². The van der Waals surface area contributed by atoms with Crippen LogP contribution in [0.2, 0.25) is 0 Å². The summed E-state index contributed by atoms with van der Waals surface area (Å²) in [5, 5.41) is 5.93. The van der Waals surface area contributed by atoms with Crippen LogP contribution in [-0.4, -0.2) is 17.7 Å². The van der Waals surface area contributed by atoms with Gasteiger partial charge in [-0.1, -0.05) is 57.2 Å². The van der Waals surface area contributed by atoms with E-state index in [1.54, 1.807) is 30.3 Å². The van der Waals surface area contributed by atoms with Crippen LogP contribution in [0.1, 0.15) is 44.4 Å². The molecule has 2 N–H and O–H groups in total. The average Bonchev–Trinajstić information content (AvgIpc) is 3.03. The van der Waals surface area contributed by atoms with E-state index >= 15 is 0 Å². The van der Waals surface area contributed by atoms with E-state index in [2.05, 4.69) is 31.4 Å². The minimum absolute atomic E-state index is 0.000274. The van der Waals surface area contributed by atoms with Crippen molar-refractivity contribution in [3.8, 4) is 0 Å². The van der Waals surface area contributed by atoms with Crippen molar-refractivity contribution in [2.75, 3.05) is 15.5 Å². The van der Waals surface area contributed by atoms with Crippen molar-refractivity contribution < 1.29 is 14.4 Å². The van der Waals surface area contributed by atoms with Crippen LogP contribution in [0.25, 0.3) is 5.57 Å². The second-order valence-electron chi connectivity index (χ2n) is 9.75. The molecule has 0 aliphatic carbocycles. The van der Waals surface area contributed by atoms with E-state index in [4.69, 9.17) is 0 Å². The van der Waals surface area contributed by atoms with Crippen LogP contribution >= 0.6 is 0 Å². The Bertz CT molecular complexity index is 1330. The van der Waals surface area contributed by atoms with E-state index in [1.165, 1.54) is 17.4 Å². The highest BCUT2D eigenvalue weighted by molar-refractivity contribution is 6.46. The fraction of sp³-hybridized carbons (Fsp3) is 0.207. The quantitative estimate of drug-likeness (QED) is 0.476. The van der Waals surface area contributed by atoms with Crippen molar-refractivity contribution in [3.63, 3.8) is 0 Å².